The van der Waals surface area contributed by atoms with Gasteiger partial charge in [-0.1, -0.05) is 98.8 Å². The van der Waals surface area contributed by atoms with Gasteiger partial charge in [0.15, 0.2) is 0 Å². The lowest BCUT2D eigenvalue weighted by Gasteiger charge is -2.56. The maximum Gasteiger partial charge on any atom is 0.0493 e. The number of fused-ring (bicyclic) bond motifs is 3. The molecule has 0 amide bonds. The molecule has 1 saturated carbocycles. The standard InChI is InChI=1S/C25H24/c1-24(2)17-21-20-15-9-10-16-22(20)25(23(21)24,18-11-5-3-6-12-18)19-13-7-4-8-14-19/h3-16,21,23H,17H2,1-2H3/t21?,23-/m0/s1. The monoisotopic (exact) mass is 324 g/mol. The zero-order valence-electron chi connectivity index (χ0n) is 14.9. The SMILES string of the molecule is CC1(C)CC2c3ccccc3C(c3ccccc3)(c3ccccc3)[C@@H]21. The Morgan fingerprint density at radius 2 is 1.20 bits per heavy atom. The van der Waals surface area contributed by atoms with Crippen LogP contribution < -0.4 is 0 Å². The summed E-state index contributed by atoms with van der Waals surface area (Å²) in [6.45, 7) is 4.92. The molecule has 3 aromatic rings. The Kier molecular flexibility index (Phi) is 3.04. The summed E-state index contributed by atoms with van der Waals surface area (Å²) < 4.78 is 0. The van der Waals surface area contributed by atoms with E-state index in [1.54, 1.807) is 5.56 Å². The molecule has 1 unspecified atom stereocenters. The van der Waals surface area contributed by atoms with Crippen LogP contribution in [0.5, 0.6) is 0 Å². The van der Waals surface area contributed by atoms with Gasteiger partial charge in [0.05, 0.1) is 0 Å². The summed E-state index contributed by atoms with van der Waals surface area (Å²) in [5.74, 6) is 1.29. The van der Waals surface area contributed by atoms with E-state index in [0.29, 0.717) is 17.3 Å². The maximum absolute atomic E-state index is 2.46. The van der Waals surface area contributed by atoms with Crippen molar-refractivity contribution in [2.24, 2.45) is 11.3 Å². The largest absolute Gasteiger partial charge is 0.0622 e. The van der Waals surface area contributed by atoms with E-state index < -0.39 is 0 Å². The smallest absolute Gasteiger partial charge is 0.0493 e. The third kappa shape index (κ3) is 1.83. The van der Waals surface area contributed by atoms with Crippen molar-refractivity contribution in [3.05, 3.63) is 107 Å². The molecule has 0 N–H and O–H groups in total. The maximum atomic E-state index is 2.46. The fraction of sp³-hybridized carbons (Fsp3) is 0.280. The lowest BCUT2D eigenvalue weighted by molar-refractivity contribution is 0.0163. The second-order valence-electron chi connectivity index (χ2n) is 8.40. The topological polar surface area (TPSA) is 0 Å². The van der Waals surface area contributed by atoms with Crippen LogP contribution in [0.3, 0.4) is 0 Å². The van der Waals surface area contributed by atoms with Crippen molar-refractivity contribution in [2.75, 3.05) is 0 Å². The van der Waals surface area contributed by atoms with Crippen LogP contribution in [-0.4, -0.2) is 0 Å². The van der Waals surface area contributed by atoms with Crippen LogP contribution in [0.1, 0.15) is 48.4 Å². The average molecular weight is 324 g/mol. The van der Waals surface area contributed by atoms with E-state index in [1.165, 1.54) is 23.1 Å². The van der Waals surface area contributed by atoms with Crippen LogP contribution in [0, 0.1) is 11.3 Å². The third-order valence-corrected chi connectivity index (χ3v) is 6.70. The molecule has 0 radical (unpaired) electrons. The van der Waals surface area contributed by atoms with Crippen molar-refractivity contribution >= 4 is 0 Å². The van der Waals surface area contributed by atoms with Crippen molar-refractivity contribution in [3.8, 4) is 0 Å². The first-order valence-corrected chi connectivity index (χ1v) is 9.36. The first-order chi connectivity index (χ1) is 12.2. The molecule has 25 heavy (non-hydrogen) atoms. The Hall–Kier alpha value is -2.34. The van der Waals surface area contributed by atoms with Crippen LogP contribution in [0.4, 0.5) is 0 Å². The molecule has 0 heterocycles. The van der Waals surface area contributed by atoms with Gasteiger partial charge in [0.1, 0.15) is 0 Å². The van der Waals surface area contributed by atoms with E-state index in [-0.39, 0.29) is 5.41 Å². The van der Waals surface area contributed by atoms with Crippen molar-refractivity contribution in [1.82, 2.24) is 0 Å². The quantitative estimate of drug-likeness (QED) is 0.529. The third-order valence-electron chi connectivity index (χ3n) is 6.70. The molecule has 5 rings (SSSR count). The van der Waals surface area contributed by atoms with Gasteiger partial charge in [-0.25, -0.2) is 0 Å². The van der Waals surface area contributed by atoms with E-state index in [9.17, 15) is 0 Å². The minimum absolute atomic E-state index is 0.0362. The predicted octanol–water partition coefficient (Wildman–Crippen LogP) is 6.16. The molecule has 0 saturated heterocycles. The van der Waals surface area contributed by atoms with Gasteiger partial charge in [-0.3, -0.25) is 0 Å². The number of hydrogen-bond acceptors (Lipinski definition) is 0. The molecule has 0 spiro atoms. The highest BCUT2D eigenvalue weighted by Crippen LogP contribution is 2.71. The molecule has 124 valence electrons. The Morgan fingerprint density at radius 3 is 1.76 bits per heavy atom. The highest BCUT2D eigenvalue weighted by molar-refractivity contribution is 5.61. The van der Waals surface area contributed by atoms with Crippen molar-refractivity contribution in [3.63, 3.8) is 0 Å². The molecule has 2 atom stereocenters. The number of rotatable bonds is 2. The summed E-state index contributed by atoms with van der Waals surface area (Å²) in [5, 5.41) is 0. The van der Waals surface area contributed by atoms with Crippen LogP contribution in [0.2, 0.25) is 0 Å². The van der Waals surface area contributed by atoms with Crippen molar-refractivity contribution in [2.45, 2.75) is 31.6 Å². The summed E-state index contributed by atoms with van der Waals surface area (Å²) >= 11 is 0. The Labute approximate surface area is 150 Å². The van der Waals surface area contributed by atoms with Crippen LogP contribution in [0.25, 0.3) is 0 Å². The minimum atomic E-state index is -0.0362. The number of hydrogen-bond donors (Lipinski definition) is 0. The van der Waals surface area contributed by atoms with Crippen molar-refractivity contribution in [1.29, 1.82) is 0 Å². The number of benzene rings is 3. The molecule has 0 aliphatic heterocycles. The Balaban J connectivity index is 1.89. The van der Waals surface area contributed by atoms with E-state index in [1.807, 2.05) is 0 Å². The second-order valence-corrected chi connectivity index (χ2v) is 8.40. The van der Waals surface area contributed by atoms with E-state index >= 15 is 0 Å². The minimum Gasteiger partial charge on any atom is -0.0622 e. The molecule has 2 aliphatic carbocycles. The van der Waals surface area contributed by atoms with Gasteiger partial charge < -0.3 is 0 Å². The summed E-state index contributed by atoms with van der Waals surface area (Å²) in [6.07, 6.45) is 1.29. The van der Waals surface area contributed by atoms with E-state index in [0.717, 1.165) is 0 Å². The van der Waals surface area contributed by atoms with E-state index in [4.69, 9.17) is 0 Å². The summed E-state index contributed by atoms with van der Waals surface area (Å²) in [4.78, 5) is 0. The highest BCUT2D eigenvalue weighted by atomic mass is 14.7. The van der Waals surface area contributed by atoms with Crippen LogP contribution >= 0.6 is 0 Å². The Bertz CT molecular complexity index is 866. The molecule has 0 bridgehead atoms. The molecular formula is C25H24. The average Bonchev–Trinajstić information content (AvgIpc) is 2.91. The molecule has 0 aromatic heterocycles. The van der Waals surface area contributed by atoms with Crippen LogP contribution in [0.15, 0.2) is 84.9 Å². The molecule has 0 nitrogen and oxygen atoms in total. The predicted molar refractivity (Wildman–Crippen MR) is 104 cm³/mol. The van der Waals surface area contributed by atoms with Gasteiger partial charge in [0.2, 0.25) is 0 Å². The first-order valence-electron chi connectivity index (χ1n) is 9.36. The lowest BCUT2D eigenvalue weighted by atomic mass is 9.47. The lowest BCUT2D eigenvalue weighted by Crippen LogP contribution is -2.50. The zero-order valence-corrected chi connectivity index (χ0v) is 14.9. The molecule has 3 aromatic carbocycles. The molecular weight excluding hydrogens is 300 g/mol. The summed E-state index contributed by atoms with van der Waals surface area (Å²) in [7, 11) is 0. The zero-order chi connectivity index (χ0) is 17.1. The summed E-state index contributed by atoms with van der Waals surface area (Å²) in [5.41, 5.74) is 6.27. The highest BCUT2D eigenvalue weighted by Gasteiger charge is 2.64. The van der Waals surface area contributed by atoms with Gasteiger partial charge >= 0.3 is 0 Å². The Morgan fingerprint density at radius 1 is 0.680 bits per heavy atom. The molecule has 2 aliphatic rings. The molecule has 1 fully saturated rings. The van der Waals surface area contributed by atoms with Gasteiger partial charge in [0, 0.05) is 5.41 Å². The van der Waals surface area contributed by atoms with Crippen LogP contribution in [-0.2, 0) is 5.41 Å². The van der Waals surface area contributed by atoms with Gasteiger partial charge in [-0.2, -0.15) is 0 Å². The van der Waals surface area contributed by atoms with E-state index in [2.05, 4.69) is 98.8 Å². The normalized spacial score (nSPS) is 24.9. The fourth-order valence-corrected chi connectivity index (χ4v) is 5.96. The fourth-order valence-electron chi connectivity index (χ4n) is 5.96. The second kappa shape index (κ2) is 5.08. The van der Waals surface area contributed by atoms with Gasteiger partial charge in [0.25, 0.3) is 0 Å². The van der Waals surface area contributed by atoms with Gasteiger partial charge in [-0.05, 0) is 45.9 Å². The molecule has 0 heteroatoms. The van der Waals surface area contributed by atoms with Gasteiger partial charge in [-0.15, -0.1) is 0 Å². The first kappa shape index (κ1) is 15.0. The van der Waals surface area contributed by atoms with Crippen molar-refractivity contribution < 1.29 is 0 Å². The summed E-state index contributed by atoms with van der Waals surface area (Å²) in [6, 6.07) is 31.6.